The summed E-state index contributed by atoms with van der Waals surface area (Å²) in [6, 6.07) is 8.93. The Hall–Kier alpha value is -1.33. The first-order chi connectivity index (χ1) is 8.22. The van der Waals surface area contributed by atoms with Gasteiger partial charge in [0, 0.05) is 0 Å². The molecule has 2 atom stereocenters. The molecule has 1 aromatic carbocycles. The Labute approximate surface area is 104 Å². The lowest BCUT2D eigenvalue weighted by molar-refractivity contribution is 0.354. The number of piperidine rings is 1. The minimum Gasteiger partial charge on any atom is -0.316 e. The predicted octanol–water partition coefficient (Wildman–Crippen LogP) is 2.91. The second kappa shape index (κ2) is 5.33. The molecule has 0 bridgehead atoms. The molecule has 90 valence electrons. The number of aryl methyl sites for hydroxylation is 2. The average Bonchev–Trinajstić information content (AvgIpc) is 2.34. The van der Waals surface area contributed by atoms with E-state index in [1.807, 2.05) is 0 Å². The fourth-order valence-electron chi connectivity index (χ4n) is 2.77. The van der Waals surface area contributed by atoms with Crippen LogP contribution >= 0.6 is 0 Å². The molecule has 1 N–H and O–H groups in total. The highest BCUT2D eigenvalue weighted by Crippen LogP contribution is 2.31. The molecule has 1 fully saturated rings. The number of nitrogens with zero attached hydrogens (tertiary/aromatic N) is 1. The smallest absolute Gasteiger partial charge is 0.0755 e. The normalized spacial score (nSPS) is 21.8. The van der Waals surface area contributed by atoms with Gasteiger partial charge in [-0.2, -0.15) is 5.26 Å². The van der Waals surface area contributed by atoms with Crippen LogP contribution < -0.4 is 5.32 Å². The molecule has 2 rings (SSSR count). The molecule has 2 heteroatoms. The molecule has 0 spiro atoms. The fraction of sp³-hybridized carbons (Fsp3) is 0.533. The Morgan fingerprint density at radius 2 is 2.24 bits per heavy atom. The van der Waals surface area contributed by atoms with Crippen LogP contribution in [0.3, 0.4) is 0 Å². The van der Waals surface area contributed by atoms with Crippen molar-refractivity contribution in [3.63, 3.8) is 0 Å². The maximum atomic E-state index is 9.45. The molecule has 0 aliphatic carbocycles. The number of benzene rings is 1. The average molecular weight is 228 g/mol. The van der Waals surface area contributed by atoms with E-state index in [0.717, 1.165) is 13.1 Å². The number of hydrogen-bond donors (Lipinski definition) is 1. The van der Waals surface area contributed by atoms with E-state index in [-0.39, 0.29) is 5.92 Å². The van der Waals surface area contributed by atoms with Crippen molar-refractivity contribution in [3.8, 4) is 6.07 Å². The number of nitrogens with one attached hydrogen (secondary N) is 1. The zero-order valence-corrected chi connectivity index (χ0v) is 10.7. The third-order valence-corrected chi connectivity index (χ3v) is 3.71. The number of rotatable bonds is 2. The van der Waals surface area contributed by atoms with E-state index < -0.39 is 0 Å². The van der Waals surface area contributed by atoms with Crippen molar-refractivity contribution in [3.05, 3.63) is 34.9 Å². The summed E-state index contributed by atoms with van der Waals surface area (Å²) < 4.78 is 0. The molecule has 1 aliphatic rings. The first-order valence-electron chi connectivity index (χ1n) is 6.40. The van der Waals surface area contributed by atoms with Gasteiger partial charge in [0.1, 0.15) is 0 Å². The molecule has 1 aromatic rings. The third-order valence-electron chi connectivity index (χ3n) is 3.71. The second-order valence-corrected chi connectivity index (χ2v) is 5.07. The fourth-order valence-corrected chi connectivity index (χ4v) is 2.77. The van der Waals surface area contributed by atoms with Gasteiger partial charge < -0.3 is 5.32 Å². The van der Waals surface area contributed by atoms with Crippen molar-refractivity contribution >= 4 is 0 Å². The molecule has 1 heterocycles. The zero-order chi connectivity index (χ0) is 12.3. The van der Waals surface area contributed by atoms with Gasteiger partial charge in [0.05, 0.1) is 12.0 Å². The Morgan fingerprint density at radius 3 is 2.82 bits per heavy atom. The van der Waals surface area contributed by atoms with Gasteiger partial charge in [0.15, 0.2) is 0 Å². The van der Waals surface area contributed by atoms with Crippen LogP contribution in [0.2, 0.25) is 0 Å². The summed E-state index contributed by atoms with van der Waals surface area (Å²) in [6.45, 7) is 6.29. The molecular weight excluding hydrogens is 208 g/mol. The van der Waals surface area contributed by atoms with Gasteiger partial charge in [-0.05, 0) is 56.8 Å². The zero-order valence-electron chi connectivity index (χ0n) is 10.7. The van der Waals surface area contributed by atoms with Crippen LogP contribution in [-0.2, 0) is 0 Å². The summed E-state index contributed by atoms with van der Waals surface area (Å²) in [5.74, 6) is 0.513. The molecule has 1 aliphatic heterocycles. The van der Waals surface area contributed by atoms with Gasteiger partial charge in [-0.25, -0.2) is 0 Å². The minimum atomic E-state index is 0.0448. The van der Waals surface area contributed by atoms with Gasteiger partial charge in [-0.3, -0.25) is 0 Å². The van der Waals surface area contributed by atoms with Crippen LogP contribution in [0.1, 0.15) is 35.4 Å². The van der Waals surface area contributed by atoms with Gasteiger partial charge in [0.25, 0.3) is 0 Å². The Kier molecular flexibility index (Phi) is 3.81. The molecule has 0 amide bonds. The van der Waals surface area contributed by atoms with E-state index in [4.69, 9.17) is 0 Å². The highest BCUT2D eigenvalue weighted by molar-refractivity contribution is 5.36. The highest BCUT2D eigenvalue weighted by atomic mass is 14.9. The largest absolute Gasteiger partial charge is 0.316 e. The standard InChI is InChI=1S/C15H20N2/c1-11-5-6-14(12(2)8-11)15(9-16)13-4-3-7-17-10-13/h5-6,8,13,15,17H,3-4,7,10H2,1-2H3. The second-order valence-electron chi connectivity index (χ2n) is 5.07. The molecule has 1 saturated heterocycles. The lowest BCUT2D eigenvalue weighted by Crippen LogP contribution is -2.33. The number of nitriles is 1. The molecule has 0 saturated carbocycles. The van der Waals surface area contributed by atoms with Gasteiger partial charge in [0.2, 0.25) is 0 Å². The van der Waals surface area contributed by atoms with E-state index >= 15 is 0 Å². The van der Waals surface area contributed by atoms with Crippen LogP contribution in [0.25, 0.3) is 0 Å². The van der Waals surface area contributed by atoms with E-state index in [0.29, 0.717) is 5.92 Å². The van der Waals surface area contributed by atoms with E-state index in [9.17, 15) is 5.26 Å². The molecule has 2 nitrogen and oxygen atoms in total. The predicted molar refractivity (Wildman–Crippen MR) is 69.9 cm³/mol. The van der Waals surface area contributed by atoms with Gasteiger partial charge >= 0.3 is 0 Å². The van der Waals surface area contributed by atoms with Crippen LogP contribution in [0.5, 0.6) is 0 Å². The summed E-state index contributed by atoms with van der Waals surface area (Å²) >= 11 is 0. The molecule has 17 heavy (non-hydrogen) atoms. The molecule has 2 unspecified atom stereocenters. The molecule has 0 radical (unpaired) electrons. The van der Waals surface area contributed by atoms with Gasteiger partial charge in [-0.1, -0.05) is 23.8 Å². The van der Waals surface area contributed by atoms with Crippen molar-refractivity contribution in [1.82, 2.24) is 5.32 Å². The Morgan fingerprint density at radius 1 is 1.41 bits per heavy atom. The molecule has 0 aromatic heterocycles. The lowest BCUT2D eigenvalue weighted by atomic mass is 9.80. The Bertz CT molecular complexity index is 425. The number of hydrogen-bond acceptors (Lipinski definition) is 2. The minimum absolute atomic E-state index is 0.0448. The first kappa shape index (κ1) is 12.1. The monoisotopic (exact) mass is 228 g/mol. The van der Waals surface area contributed by atoms with Crippen molar-refractivity contribution < 1.29 is 0 Å². The van der Waals surface area contributed by atoms with Crippen LogP contribution in [0.4, 0.5) is 0 Å². The quantitative estimate of drug-likeness (QED) is 0.844. The maximum absolute atomic E-state index is 9.45. The summed E-state index contributed by atoms with van der Waals surface area (Å²) in [7, 11) is 0. The van der Waals surface area contributed by atoms with Crippen molar-refractivity contribution in [2.24, 2.45) is 5.92 Å². The first-order valence-corrected chi connectivity index (χ1v) is 6.40. The van der Waals surface area contributed by atoms with Gasteiger partial charge in [-0.15, -0.1) is 0 Å². The summed E-state index contributed by atoms with van der Waals surface area (Å²) in [4.78, 5) is 0. The van der Waals surface area contributed by atoms with Crippen molar-refractivity contribution in [2.45, 2.75) is 32.6 Å². The topological polar surface area (TPSA) is 35.8 Å². The van der Waals surface area contributed by atoms with Crippen molar-refractivity contribution in [1.29, 1.82) is 5.26 Å². The summed E-state index contributed by atoms with van der Waals surface area (Å²) in [5, 5.41) is 12.8. The SMILES string of the molecule is Cc1ccc(C(C#N)C2CCCNC2)c(C)c1. The van der Waals surface area contributed by atoms with Crippen LogP contribution in [0.15, 0.2) is 18.2 Å². The highest BCUT2D eigenvalue weighted by Gasteiger charge is 2.25. The Balaban J connectivity index is 2.25. The summed E-state index contributed by atoms with van der Waals surface area (Å²) in [5.41, 5.74) is 3.73. The van der Waals surface area contributed by atoms with Crippen LogP contribution in [-0.4, -0.2) is 13.1 Å². The van der Waals surface area contributed by atoms with E-state index in [2.05, 4.69) is 43.4 Å². The third kappa shape index (κ3) is 2.68. The molecular formula is C15H20N2. The summed E-state index contributed by atoms with van der Waals surface area (Å²) in [6.07, 6.45) is 2.35. The lowest BCUT2D eigenvalue weighted by Gasteiger charge is -2.27. The maximum Gasteiger partial charge on any atom is 0.0755 e. The van der Waals surface area contributed by atoms with E-state index in [1.54, 1.807) is 0 Å². The van der Waals surface area contributed by atoms with E-state index in [1.165, 1.54) is 29.5 Å². The van der Waals surface area contributed by atoms with Crippen LogP contribution in [0, 0.1) is 31.1 Å². The van der Waals surface area contributed by atoms with Crippen molar-refractivity contribution in [2.75, 3.05) is 13.1 Å².